The molecule has 1 rings (SSSR count). The number of amides is 1. The largest absolute Gasteiger partial charge is 0.326 e. The van der Waals surface area contributed by atoms with Crippen molar-refractivity contribution >= 4 is 21.6 Å². The van der Waals surface area contributed by atoms with Crippen LogP contribution in [0, 0.1) is 6.92 Å². The highest BCUT2D eigenvalue weighted by Crippen LogP contribution is 2.19. The molecule has 0 bridgehead atoms. The van der Waals surface area contributed by atoms with Crippen molar-refractivity contribution in [3.8, 4) is 0 Å². The molecule has 0 aliphatic rings. The molecule has 0 unspecified atom stereocenters. The van der Waals surface area contributed by atoms with Gasteiger partial charge >= 0.3 is 0 Å². The lowest BCUT2D eigenvalue weighted by atomic mass is 10.2. The maximum atomic E-state index is 12.1. The van der Waals surface area contributed by atoms with Gasteiger partial charge in [-0.3, -0.25) is 4.79 Å². The molecule has 0 aliphatic carbocycles. The fourth-order valence-corrected chi connectivity index (χ4v) is 2.86. The second kappa shape index (κ2) is 6.65. The number of anilines is 1. The van der Waals surface area contributed by atoms with Crippen molar-refractivity contribution in [3.63, 3.8) is 0 Å². The Balaban J connectivity index is 3.00. The van der Waals surface area contributed by atoms with E-state index < -0.39 is 10.0 Å². The van der Waals surface area contributed by atoms with E-state index in [1.54, 1.807) is 26.1 Å². The Kier molecular flexibility index (Phi) is 5.46. The number of rotatable bonds is 6. The maximum Gasteiger partial charge on any atom is 0.240 e. The smallest absolute Gasteiger partial charge is 0.240 e. The summed E-state index contributed by atoms with van der Waals surface area (Å²) in [6.07, 6.45) is 0. The van der Waals surface area contributed by atoms with Gasteiger partial charge in [0.05, 0.1) is 4.90 Å². The van der Waals surface area contributed by atoms with Gasteiger partial charge in [0.1, 0.15) is 0 Å². The van der Waals surface area contributed by atoms with Crippen LogP contribution in [0.2, 0.25) is 0 Å². The van der Waals surface area contributed by atoms with Crippen LogP contribution in [0.15, 0.2) is 23.1 Å². The normalized spacial score (nSPS) is 11.3. The molecule has 6 nitrogen and oxygen atoms in total. The van der Waals surface area contributed by atoms with E-state index >= 15 is 0 Å². The van der Waals surface area contributed by atoms with Crippen LogP contribution >= 0.6 is 0 Å². The van der Waals surface area contributed by atoms with E-state index in [4.69, 9.17) is 0 Å². The quantitative estimate of drug-likeness (QED) is 0.662. The van der Waals surface area contributed by atoms with Crippen molar-refractivity contribution in [1.82, 2.24) is 10.0 Å². The molecule has 1 aromatic carbocycles. The molecule has 0 radical (unpaired) electrons. The number of carbonyl (C=O) groups is 1. The first-order valence-corrected chi connectivity index (χ1v) is 7.37. The highest BCUT2D eigenvalue weighted by Gasteiger charge is 2.16. The third kappa shape index (κ3) is 4.62. The highest BCUT2D eigenvalue weighted by atomic mass is 32.2. The van der Waals surface area contributed by atoms with E-state index in [1.165, 1.54) is 13.0 Å². The van der Waals surface area contributed by atoms with Gasteiger partial charge in [-0.1, -0.05) is 6.07 Å². The van der Waals surface area contributed by atoms with Gasteiger partial charge in [0.15, 0.2) is 0 Å². The van der Waals surface area contributed by atoms with Gasteiger partial charge in [-0.25, -0.2) is 13.1 Å². The molecule has 19 heavy (non-hydrogen) atoms. The molecule has 0 saturated heterocycles. The van der Waals surface area contributed by atoms with E-state index in [-0.39, 0.29) is 10.8 Å². The Morgan fingerprint density at radius 2 is 1.95 bits per heavy atom. The second-order valence-corrected chi connectivity index (χ2v) is 5.90. The average Bonchev–Trinajstić information content (AvgIpc) is 2.31. The molecular weight excluding hydrogens is 266 g/mol. The predicted octanol–water partition coefficient (Wildman–Crippen LogP) is 0.451. The first-order valence-electron chi connectivity index (χ1n) is 5.89. The second-order valence-electron chi connectivity index (χ2n) is 4.16. The van der Waals surface area contributed by atoms with Crippen LogP contribution < -0.4 is 15.4 Å². The third-order valence-electron chi connectivity index (χ3n) is 2.47. The molecule has 0 spiro atoms. The SMILES string of the molecule is CNCCNS(=O)(=O)c1cc(NC(C)=O)ccc1C. The minimum atomic E-state index is -3.56. The molecule has 1 amide bonds. The summed E-state index contributed by atoms with van der Waals surface area (Å²) in [4.78, 5) is 11.2. The Labute approximate surface area is 113 Å². The Hall–Kier alpha value is -1.44. The molecule has 3 N–H and O–H groups in total. The summed E-state index contributed by atoms with van der Waals surface area (Å²) in [7, 11) is -1.82. The van der Waals surface area contributed by atoms with Gasteiger partial charge < -0.3 is 10.6 Å². The lowest BCUT2D eigenvalue weighted by molar-refractivity contribution is -0.114. The van der Waals surface area contributed by atoms with Crippen LogP contribution in [0.25, 0.3) is 0 Å². The highest BCUT2D eigenvalue weighted by molar-refractivity contribution is 7.89. The lowest BCUT2D eigenvalue weighted by Crippen LogP contribution is -2.31. The summed E-state index contributed by atoms with van der Waals surface area (Å²) in [6.45, 7) is 3.94. The monoisotopic (exact) mass is 285 g/mol. The number of hydrogen-bond donors (Lipinski definition) is 3. The minimum absolute atomic E-state index is 0.176. The molecule has 7 heteroatoms. The van der Waals surface area contributed by atoms with Crippen molar-refractivity contribution in [3.05, 3.63) is 23.8 Å². The minimum Gasteiger partial charge on any atom is -0.326 e. The zero-order chi connectivity index (χ0) is 14.5. The fourth-order valence-electron chi connectivity index (χ4n) is 1.56. The number of carbonyl (C=O) groups excluding carboxylic acids is 1. The van der Waals surface area contributed by atoms with Crippen LogP contribution in [0.1, 0.15) is 12.5 Å². The standard InChI is InChI=1S/C12H19N3O3S/c1-9-4-5-11(15-10(2)16)8-12(9)19(17,18)14-7-6-13-3/h4-5,8,13-14H,6-7H2,1-3H3,(H,15,16). The molecule has 0 fully saturated rings. The molecule has 106 valence electrons. The average molecular weight is 285 g/mol. The van der Waals surface area contributed by atoms with E-state index in [2.05, 4.69) is 15.4 Å². The Bertz CT molecular complexity index is 555. The number of benzene rings is 1. The predicted molar refractivity (Wildman–Crippen MR) is 74.6 cm³/mol. The van der Waals surface area contributed by atoms with Crippen molar-refractivity contribution < 1.29 is 13.2 Å². The summed E-state index contributed by atoms with van der Waals surface area (Å²) in [5, 5.41) is 5.43. The summed E-state index contributed by atoms with van der Waals surface area (Å²) in [6, 6.07) is 4.79. The van der Waals surface area contributed by atoms with Crippen LogP contribution in [0.5, 0.6) is 0 Å². The summed E-state index contributed by atoms with van der Waals surface area (Å²) >= 11 is 0. The lowest BCUT2D eigenvalue weighted by Gasteiger charge is -2.11. The van der Waals surface area contributed by atoms with Crippen LogP contribution in [-0.2, 0) is 14.8 Å². The molecule has 1 aromatic rings. The van der Waals surface area contributed by atoms with Crippen molar-refractivity contribution in [2.24, 2.45) is 0 Å². The van der Waals surface area contributed by atoms with Gasteiger partial charge in [0.25, 0.3) is 0 Å². The van der Waals surface area contributed by atoms with Gasteiger partial charge in [0.2, 0.25) is 15.9 Å². The van der Waals surface area contributed by atoms with Crippen molar-refractivity contribution in [2.75, 3.05) is 25.5 Å². The fraction of sp³-hybridized carbons (Fsp3) is 0.417. The van der Waals surface area contributed by atoms with Crippen molar-refractivity contribution in [1.29, 1.82) is 0 Å². The summed E-state index contributed by atoms with van der Waals surface area (Å²) in [5.74, 6) is -0.240. The van der Waals surface area contributed by atoms with Gasteiger partial charge in [-0.2, -0.15) is 0 Å². The van der Waals surface area contributed by atoms with Gasteiger partial charge in [-0.15, -0.1) is 0 Å². The zero-order valence-electron chi connectivity index (χ0n) is 11.3. The summed E-state index contributed by atoms with van der Waals surface area (Å²) in [5.41, 5.74) is 1.10. The Morgan fingerprint density at radius 3 is 2.53 bits per heavy atom. The number of sulfonamides is 1. The number of hydrogen-bond acceptors (Lipinski definition) is 4. The van der Waals surface area contributed by atoms with E-state index in [1.807, 2.05) is 0 Å². The van der Waals surface area contributed by atoms with E-state index in [0.717, 1.165) is 0 Å². The van der Waals surface area contributed by atoms with Gasteiger partial charge in [-0.05, 0) is 31.7 Å². The molecule has 0 atom stereocenters. The van der Waals surface area contributed by atoms with Gasteiger partial charge in [0, 0.05) is 25.7 Å². The van der Waals surface area contributed by atoms with Crippen LogP contribution in [0.4, 0.5) is 5.69 Å². The summed E-state index contributed by atoms with van der Waals surface area (Å²) < 4.78 is 26.7. The molecule has 0 aliphatic heterocycles. The third-order valence-corrected chi connectivity index (χ3v) is 4.07. The Morgan fingerprint density at radius 1 is 1.26 bits per heavy atom. The first kappa shape index (κ1) is 15.6. The number of aryl methyl sites for hydroxylation is 1. The molecule has 0 aromatic heterocycles. The molecule has 0 heterocycles. The first-order chi connectivity index (χ1) is 8.86. The number of likely N-dealkylation sites (N-methyl/N-ethyl adjacent to an activating group) is 1. The van der Waals surface area contributed by atoms with E-state index in [9.17, 15) is 13.2 Å². The molecule has 0 saturated carbocycles. The maximum absolute atomic E-state index is 12.1. The van der Waals surface area contributed by atoms with E-state index in [0.29, 0.717) is 24.3 Å². The number of nitrogens with one attached hydrogen (secondary N) is 3. The van der Waals surface area contributed by atoms with Crippen LogP contribution in [-0.4, -0.2) is 34.5 Å². The van der Waals surface area contributed by atoms with Crippen molar-refractivity contribution in [2.45, 2.75) is 18.7 Å². The topological polar surface area (TPSA) is 87.3 Å². The zero-order valence-corrected chi connectivity index (χ0v) is 12.1. The van der Waals surface area contributed by atoms with Crippen LogP contribution in [0.3, 0.4) is 0 Å². The molecular formula is C12H19N3O3S.